The summed E-state index contributed by atoms with van der Waals surface area (Å²) in [7, 11) is 0. The Morgan fingerprint density at radius 1 is 1.38 bits per heavy atom. The van der Waals surface area contributed by atoms with Crippen molar-refractivity contribution in [1.29, 1.82) is 0 Å². The average molecular weight is 214 g/mol. The first-order valence-corrected chi connectivity index (χ1v) is 5.23. The van der Waals surface area contributed by atoms with Crippen LogP contribution in [0.5, 0.6) is 0 Å². The third-order valence-electron chi connectivity index (χ3n) is 2.60. The van der Waals surface area contributed by atoms with Gasteiger partial charge in [-0.1, -0.05) is 30.9 Å². The molecule has 1 aliphatic heterocycles. The molecule has 2 N–H and O–H groups in total. The van der Waals surface area contributed by atoms with Gasteiger partial charge in [0.25, 0.3) is 5.91 Å². The van der Waals surface area contributed by atoms with Crippen LogP contribution in [-0.4, -0.2) is 19.0 Å². The van der Waals surface area contributed by atoms with Crippen molar-refractivity contribution in [3.63, 3.8) is 0 Å². The average Bonchev–Trinajstić information content (AvgIpc) is 2.56. The number of nitrogens with zero attached hydrogens (tertiary/aromatic N) is 1. The number of benzene rings is 1. The summed E-state index contributed by atoms with van der Waals surface area (Å²) in [6.45, 7) is 4.64. The van der Waals surface area contributed by atoms with Gasteiger partial charge in [-0.25, -0.2) is 0 Å². The maximum absolute atomic E-state index is 12.1. The molecule has 0 unspecified atom stereocenters. The van der Waals surface area contributed by atoms with E-state index in [1.54, 1.807) is 17.1 Å². The Labute approximate surface area is 94.9 Å². The Morgan fingerprint density at radius 3 is 2.81 bits per heavy atom. The number of hydrogen-bond donors (Lipinski definition) is 1. The predicted molar refractivity (Wildman–Crippen MR) is 66.0 cm³/mol. The number of carbonyl (C=O) groups excluding carboxylic acids is 1. The lowest BCUT2D eigenvalue weighted by Crippen LogP contribution is -2.31. The first-order chi connectivity index (χ1) is 7.79. The third-order valence-corrected chi connectivity index (χ3v) is 2.60. The molecule has 0 bridgehead atoms. The van der Waals surface area contributed by atoms with Gasteiger partial charge >= 0.3 is 0 Å². The number of carbonyl (C=O) groups is 1. The zero-order valence-corrected chi connectivity index (χ0v) is 9.02. The van der Waals surface area contributed by atoms with Crippen molar-refractivity contribution in [3.05, 3.63) is 48.6 Å². The summed E-state index contributed by atoms with van der Waals surface area (Å²) in [5, 5.41) is 0. The summed E-state index contributed by atoms with van der Waals surface area (Å²) in [6, 6.07) is 7.73. The van der Waals surface area contributed by atoms with Crippen molar-refractivity contribution in [3.8, 4) is 0 Å². The van der Waals surface area contributed by atoms with E-state index in [1.165, 1.54) is 0 Å². The number of para-hydroxylation sites is 1. The zero-order chi connectivity index (χ0) is 11.5. The fourth-order valence-corrected chi connectivity index (χ4v) is 1.94. The molecular weight excluding hydrogens is 200 g/mol. The second kappa shape index (κ2) is 4.33. The zero-order valence-electron chi connectivity index (χ0n) is 9.02. The lowest BCUT2D eigenvalue weighted by atomic mass is 10.1. The molecule has 82 valence electrons. The normalized spacial score (nSPS) is 16.7. The van der Waals surface area contributed by atoms with Gasteiger partial charge in [0, 0.05) is 24.2 Å². The Kier molecular flexibility index (Phi) is 2.88. The molecule has 0 aliphatic carbocycles. The molecule has 1 aromatic carbocycles. The van der Waals surface area contributed by atoms with Gasteiger partial charge in [0.05, 0.1) is 5.69 Å². The highest BCUT2D eigenvalue weighted by Crippen LogP contribution is 2.35. The molecule has 0 radical (unpaired) electrons. The highest BCUT2D eigenvalue weighted by molar-refractivity contribution is 6.32. The smallest absolute Gasteiger partial charge is 0.259 e. The van der Waals surface area contributed by atoms with Crippen LogP contribution in [0.25, 0.3) is 5.57 Å². The number of amides is 1. The third kappa shape index (κ3) is 1.55. The largest absolute Gasteiger partial charge is 0.329 e. The van der Waals surface area contributed by atoms with E-state index < -0.39 is 0 Å². The molecule has 0 saturated carbocycles. The molecular formula is C13H14N2O. The summed E-state index contributed by atoms with van der Waals surface area (Å²) >= 11 is 0. The van der Waals surface area contributed by atoms with E-state index in [0.29, 0.717) is 18.7 Å². The van der Waals surface area contributed by atoms with Crippen LogP contribution < -0.4 is 10.6 Å². The van der Waals surface area contributed by atoms with E-state index in [9.17, 15) is 4.79 Å². The minimum atomic E-state index is 0.00606. The number of nitrogens with two attached hydrogens (primary N) is 1. The lowest BCUT2D eigenvalue weighted by Gasteiger charge is -2.15. The summed E-state index contributed by atoms with van der Waals surface area (Å²) in [5.74, 6) is 0.00606. The Morgan fingerprint density at radius 2 is 2.12 bits per heavy atom. The SMILES string of the molecule is C=CC=C1C(=O)N(CCN)c2ccccc21. The topological polar surface area (TPSA) is 46.3 Å². The van der Waals surface area contributed by atoms with E-state index in [0.717, 1.165) is 11.3 Å². The van der Waals surface area contributed by atoms with Crippen LogP contribution in [0.15, 0.2) is 43.0 Å². The van der Waals surface area contributed by atoms with Crippen LogP contribution in [0.1, 0.15) is 5.56 Å². The first kappa shape index (κ1) is 10.6. The van der Waals surface area contributed by atoms with Crippen LogP contribution in [0, 0.1) is 0 Å². The van der Waals surface area contributed by atoms with Crippen LogP contribution in [0.2, 0.25) is 0 Å². The maximum Gasteiger partial charge on any atom is 0.259 e. The van der Waals surface area contributed by atoms with Gasteiger partial charge in [0.15, 0.2) is 0 Å². The van der Waals surface area contributed by atoms with Crippen LogP contribution >= 0.6 is 0 Å². The second-order valence-corrected chi connectivity index (χ2v) is 3.58. The highest BCUT2D eigenvalue weighted by Gasteiger charge is 2.30. The van der Waals surface area contributed by atoms with Crippen molar-refractivity contribution < 1.29 is 4.79 Å². The number of allylic oxidation sites excluding steroid dienone is 2. The molecule has 3 heteroatoms. The van der Waals surface area contributed by atoms with E-state index in [2.05, 4.69) is 6.58 Å². The molecule has 0 aromatic heterocycles. The lowest BCUT2D eigenvalue weighted by molar-refractivity contribution is -0.113. The highest BCUT2D eigenvalue weighted by atomic mass is 16.2. The molecule has 0 atom stereocenters. The summed E-state index contributed by atoms with van der Waals surface area (Å²) < 4.78 is 0. The standard InChI is InChI=1S/C13H14N2O/c1-2-5-11-10-6-3-4-7-12(10)15(9-8-14)13(11)16/h2-7H,1,8-9,14H2. The molecule has 3 nitrogen and oxygen atoms in total. The molecule has 16 heavy (non-hydrogen) atoms. The number of anilines is 1. The molecule has 1 aliphatic rings. The minimum absolute atomic E-state index is 0.00606. The van der Waals surface area contributed by atoms with Gasteiger partial charge in [-0.3, -0.25) is 4.79 Å². The fourth-order valence-electron chi connectivity index (χ4n) is 1.94. The van der Waals surface area contributed by atoms with Gasteiger partial charge in [-0.15, -0.1) is 0 Å². The van der Waals surface area contributed by atoms with Crippen molar-refractivity contribution in [2.75, 3.05) is 18.0 Å². The number of fused-ring (bicyclic) bond motifs is 1. The molecule has 0 fully saturated rings. The van der Waals surface area contributed by atoms with Crippen molar-refractivity contribution >= 4 is 17.2 Å². The molecule has 2 rings (SSSR count). The van der Waals surface area contributed by atoms with E-state index in [1.807, 2.05) is 24.3 Å². The van der Waals surface area contributed by atoms with Crippen LogP contribution in [-0.2, 0) is 4.79 Å². The summed E-state index contributed by atoms with van der Waals surface area (Å²) in [6.07, 6.45) is 3.38. The monoisotopic (exact) mass is 214 g/mol. The molecule has 1 amide bonds. The maximum atomic E-state index is 12.1. The fraction of sp³-hybridized carbons (Fsp3) is 0.154. The van der Waals surface area contributed by atoms with Gasteiger partial charge in [0.2, 0.25) is 0 Å². The second-order valence-electron chi connectivity index (χ2n) is 3.58. The number of hydrogen-bond acceptors (Lipinski definition) is 2. The van der Waals surface area contributed by atoms with Gasteiger partial charge < -0.3 is 10.6 Å². The molecule has 0 saturated heterocycles. The van der Waals surface area contributed by atoms with Crippen molar-refractivity contribution in [2.24, 2.45) is 5.73 Å². The molecule has 0 spiro atoms. The minimum Gasteiger partial charge on any atom is -0.329 e. The predicted octanol–water partition coefficient (Wildman–Crippen LogP) is 1.56. The van der Waals surface area contributed by atoms with Gasteiger partial charge in [-0.2, -0.15) is 0 Å². The van der Waals surface area contributed by atoms with Crippen LogP contribution in [0.4, 0.5) is 5.69 Å². The number of rotatable bonds is 3. The van der Waals surface area contributed by atoms with Gasteiger partial charge in [0.1, 0.15) is 0 Å². The van der Waals surface area contributed by atoms with Gasteiger partial charge in [-0.05, 0) is 12.1 Å². The Bertz CT molecular complexity index is 463. The van der Waals surface area contributed by atoms with E-state index in [4.69, 9.17) is 5.73 Å². The first-order valence-electron chi connectivity index (χ1n) is 5.23. The van der Waals surface area contributed by atoms with Crippen molar-refractivity contribution in [1.82, 2.24) is 0 Å². The molecule has 1 heterocycles. The van der Waals surface area contributed by atoms with Crippen LogP contribution in [0.3, 0.4) is 0 Å². The summed E-state index contributed by atoms with van der Waals surface area (Å²) in [5.41, 5.74) is 8.10. The van der Waals surface area contributed by atoms with E-state index in [-0.39, 0.29) is 5.91 Å². The Hall–Kier alpha value is -1.87. The Balaban J connectivity index is 2.52. The van der Waals surface area contributed by atoms with Crippen molar-refractivity contribution in [2.45, 2.75) is 0 Å². The summed E-state index contributed by atoms with van der Waals surface area (Å²) in [4.78, 5) is 13.8. The van der Waals surface area contributed by atoms with E-state index >= 15 is 0 Å². The quantitative estimate of drug-likeness (QED) is 0.776. The molecule has 1 aromatic rings.